The lowest BCUT2D eigenvalue weighted by Gasteiger charge is -2.26. The Balaban J connectivity index is 1.74. The molecule has 1 aliphatic rings. The number of nitrogens with two attached hydrogens (primary N) is 1. The maximum absolute atomic E-state index is 12.4. The molecule has 22 heavy (non-hydrogen) atoms. The van der Waals surface area contributed by atoms with E-state index in [0.717, 1.165) is 42.8 Å². The van der Waals surface area contributed by atoms with Crippen molar-refractivity contribution in [1.29, 1.82) is 0 Å². The summed E-state index contributed by atoms with van der Waals surface area (Å²) in [4.78, 5) is 17.5. The van der Waals surface area contributed by atoms with E-state index in [0.29, 0.717) is 4.88 Å². The van der Waals surface area contributed by atoms with Gasteiger partial charge in [0, 0.05) is 5.69 Å². The lowest BCUT2D eigenvalue weighted by Crippen LogP contribution is -2.30. The van der Waals surface area contributed by atoms with Gasteiger partial charge >= 0.3 is 0 Å². The van der Waals surface area contributed by atoms with Crippen molar-refractivity contribution in [1.82, 2.24) is 10.3 Å². The van der Waals surface area contributed by atoms with Gasteiger partial charge in [-0.3, -0.25) is 4.79 Å². The number of aryl methyl sites for hydroxylation is 2. The van der Waals surface area contributed by atoms with Crippen molar-refractivity contribution in [3.8, 4) is 0 Å². The van der Waals surface area contributed by atoms with Crippen molar-refractivity contribution in [2.24, 2.45) is 0 Å². The number of thiazole rings is 1. The minimum Gasteiger partial charge on any atom is -0.399 e. The molecule has 116 valence electrons. The fraction of sp³-hybridized carbons (Fsp3) is 0.412. The Morgan fingerprint density at radius 3 is 3.18 bits per heavy atom. The Hall–Kier alpha value is -1.88. The van der Waals surface area contributed by atoms with Gasteiger partial charge in [-0.15, -0.1) is 11.3 Å². The number of hydrogen-bond donors (Lipinski definition) is 2. The van der Waals surface area contributed by atoms with Crippen LogP contribution in [0.25, 0.3) is 0 Å². The summed E-state index contributed by atoms with van der Waals surface area (Å²) >= 11 is 1.49. The van der Waals surface area contributed by atoms with Crippen molar-refractivity contribution in [3.05, 3.63) is 45.4 Å². The van der Waals surface area contributed by atoms with E-state index >= 15 is 0 Å². The molecule has 0 aliphatic heterocycles. The van der Waals surface area contributed by atoms with Crippen LogP contribution in [-0.4, -0.2) is 10.9 Å². The van der Waals surface area contributed by atoms with Crippen molar-refractivity contribution in [2.45, 2.75) is 45.1 Å². The fourth-order valence-electron chi connectivity index (χ4n) is 2.96. The van der Waals surface area contributed by atoms with Gasteiger partial charge < -0.3 is 11.1 Å². The molecule has 1 aromatic carbocycles. The third-order valence-electron chi connectivity index (χ3n) is 4.03. The van der Waals surface area contributed by atoms with E-state index in [1.54, 1.807) is 6.20 Å². The molecule has 0 saturated carbocycles. The van der Waals surface area contributed by atoms with Gasteiger partial charge in [-0.25, -0.2) is 4.98 Å². The Morgan fingerprint density at radius 1 is 1.50 bits per heavy atom. The van der Waals surface area contributed by atoms with Crippen LogP contribution >= 0.6 is 11.3 Å². The largest absolute Gasteiger partial charge is 0.399 e. The molecule has 5 heteroatoms. The van der Waals surface area contributed by atoms with Crippen LogP contribution in [0.5, 0.6) is 0 Å². The molecule has 0 radical (unpaired) electrons. The Kier molecular flexibility index (Phi) is 4.43. The normalized spacial score (nSPS) is 17.0. The highest BCUT2D eigenvalue weighted by molar-refractivity contribution is 7.13. The van der Waals surface area contributed by atoms with Gasteiger partial charge in [0.2, 0.25) is 0 Å². The van der Waals surface area contributed by atoms with Crippen LogP contribution in [0.15, 0.2) is 24.4 Å². The molecular weight excluding hydrogens is 294 g/mol. The lowest BCUT2D eigenvalue weighted by molar-refractivity contribution is 0.0936. The molecule has 1 aromatic heterocycles. The number of carbonyl (C=O) groups excluding carboxylic acids is 1. The van der Waals surface area contributed by atoms with E-state index in [1.807, 2.05) is 18.2 Å². The SMILES string of the molecule is CCCc1ncc(C(=O)NC2CCCc3cc(N)ccc32)s1. The summed E-state index contributed by atoms with van der Waals surface area (Å²) in [5.41, 5.74) is 9.10. The highest BCUT2D eigenvalue weighted by Crippen LogP contribution is 2.31. The Bertz CT molecular complexity index is 680. The number of carbonyl (C=O) groups is 1. The third kappa shape index (κ3) is 3.14. The van der Waals surface area contributed by atoms with Gasteiger partial charge in [-0.1, -0.05) is 13.0 Å². The summed E-state index contributed by atoms with van der Waals surface area (Å²) in [5.74, 6) is -0.0190. The highest BCUT2D eigenvalue weighted by atomic mass is 32.1. The second-order valence-electron chi connectivity index (χ2n) is 5.74. The molecule has 0 spiro atoms. The second kappa shape index (κ2) is 6.48. The average Bonchev–Trinajstić information content (AvgIpc) is 2.96. The van der Waals surface area contributed by atoms with Gasteiger partial charge in [0.15, 0.2) is 0 Å². The van der Waals surface area contributed by atoms with Crippen LogP contribution in [0, 0.1) is 0 Å². The number of anilines is 1. The number of hydrogen-bond acceptors (Lipinski definition) is 4. The molecule has 1 atom stereocenters. The molecule has 1 amide bonds. The van der Waals surface area contributed by atoms with E-state index in [9.17, 15) is 4.79 Å². The van der Waals surface area contributed by atoms with Crippen LogP contribution in [0.3, 0.4) is 0 Å². The third-order valence-corrected chi connectivity index (χ3v) is 5.08. The summed E-state index contributed by atoms with van der Waals surface area (Å²) in [6.07, 6.45) is 6.76. The first kappa shape index (κ1) is 15.0. The summed E-state index contributed by atoms with van der Waals surface area (Å²) in [5, 5.41) is 4.19. The number of nitrogens with zero attached hydrogens (tertiary/aromatic N) is 1. The van der Waals surface area contributed by atoms with Crippen molar-refractivity contribution in [3.63, 3.8) is 0 Å². The number of rotatable bonds is 4. The van der Waals surface area contributed by atoms with Gasteiger partial charge in [0.05, 0.1) is 17.2 Å². The summed E-state index contributed by atoms with van der Waals surface area (Å²) in [6, 6.07) is 6.06. The zero-order valence-electron chi connectivity index (χ0n) is 12.8. The number of aromatic nitrogens is 1. The second-order valence-corrected chi connectivity index (χ2v) is 6.86. The molecule has 4 nitrogen and oxygen atoms in total. The monoisotopic (exact) mass is 315 g/mol. The van der Waals surface area contributed by atoms with Crippen LogP contribution in [0.4, 0.5) is 5.69 Å². The number of nitrogen functional groups attached to an aromatic ring is 1. The van der Waals surface area contributed by atoms with Gasteiger partial charge in [0.1, 0.15) is 4.88 Å². The maximum atomic E-state index is 12.4. The topological polar surface area (TPSA) is 68.0 Å². The first-order chi connectivity index (χ1) is 10.7. The smallest absolute Gasteiger partial charge is 0.263 e. The number of benzene rings is 1. The molecule has 3 rings (SSSR count). The van der Waals surface area contributed by atoms with Crippen LogP contribution in [0.1, 0.15) is 58.0 Å². The lowest BCUT2D eigenvalue weighted by atomic mass is 9.87. The van der Waals surface area contributed by atoms with E-state index in [1.165, 1.54) is 22.5 Å². The first-order valence-electron chi connectivity index (χ1n) is 7.81. The van der Waals surface area contributed by atoms with Crippen molar-refractivity contribution < 1.29 is 4.79 Å². The fourth-order valence-corrected chi connectivity index (χ4v) is 3.88. The zero-order chi connectivity index (χ0) is 15.5. The molecule has 0 saturated heterocycles. The first-order valence-corrected chi connectivity index (χ1v) is 8.63. The average molecular weight is 315 g/mol. The summed E-state index contributed by atoms with van der Waals surface area (Å²) in [6.45, 7) is 2.12. The molecular formula is C17H21N3OS. The van der Waals surface area contributed by atoms with Gasteiger partial charge in [0.25, 0.3) is 5.91 Å². The molecule has 2 aromatic rings. The highest BCUT2D eigenvalue weighted by Gasteiger charge is 2.23. The van der Waals surface area contributed by atoms with E-state index in [-0.39, 0.29) is 11.9 Å². The summed E-state index contributed by atoms with van der Waals surface area (Å²) < 4.78 is 0. The maximum Gasteiger partial charge on any atom is 0.263 e. The van der Waals surface area contributed by atoms with E-state index in [2.05, 4.69) is 17.2 Å². The Morgan fingerprint density at radius 2 is 2.36 bits per heavy atom. The van der Waals surface area contributed by atoms with Crippen LogP contribution in [-0.2, 0) is 12.8 Å². The molecule has 0 fully saturated rings. The molecule has 1 aliphatic carbocycles. The standard InChI is InChI=1S/C17H21N3OS/c1-2-4-16-19-10-15(22-16)17(21)20-14-6-3-5-11-9-12(18)7-8-13(11)14/h7-10,14H,2-6,18H2,1H3,(H,20,21). The number of nitrogens with one attached hydrogen (secondary N) is 1. The number of fused-ring (bicyclic) bond motifs is 1. The molecule has 0 bridgehead atoms. The number of amides is 1. The summed E-state index contributed by atoms with van der Waals surface area (Å²) in [7, 11) is 0. The zero-order valence-corrected chi connectivity index (χ0v) is 13.6. The van der Waals surface area contributed by atoms with E-state index in [4.69, 9.17) is 5.73 Å². The van der Waals surface area contributed by atoms with Crippen molar-refractivity contribution in [2.75, 3.05) is 5.73 Å². The van der Waals surface area contributed by atoms with Crippen LogP contribution in [0.2, 0.25) is 0 Å². The van der Waals surface area contributed by atoms with Crippen molar-refractivity contribution >= 4 is 22.9 Å². The minimum absolute atomic E-state index is 0.0190. The predicted molar refractivity (Wildman–Crippen MR) is 90.1 cm³/mol. The predicted octanol–water partition coefficient (Wildman–Crippen LogP) is 3.49. The molecule has 1 heterocycles. The van der Waals surface area contributed by atoms with Crippen LogP contribution < -0.4 is 11.1 Å². The Labute approximate surface area is 134 Å². The quantitative estimate of drug-likeness (QED) is 0.849. The minimum atomic E-state index is -0.0190. The van der Waals surface area contributed by atoms with Gasteiger partial charge in [-0.05, 0) is 55.4 Å². The molecule has 3 N–H and O–H groups in total. The van der Waals surface area contributed by atoms with E-state index < -0.39 is 0 Å². The van der Waals surface area contributed by atoms with Gasteiger partial charge in [-0.2, -0.15) is 0 Å². The molecule has 1 unspecified atom stereocenters.